The number of nitrogens with two attached hydrogens (primary N) is 1. The van der Waals surface area contributed by atoms with Crippen molar-refractivity contribution in [1.82, 2.24) is 4.90 Å². The SMILES string of the molecule is CC1CC(CN)CN1C(=O)CCC1CCCC1. The second-order valence-electron chi connectivity index (χ2n) is 5.92. The molecule has 1 amide bonds. The summed E-state index contributed by atoms with van der Waals surface area (Å²) in [6, 6.07) is 0.402. The number of nitrogens with zero attached hydrogens (tertiary/aromatic N) is 1. The van der Waals surface area contributed by atoms with Crippen molar-refractivity contribution in [3.8, 4) is 0 Å². The molecule has 2 unspecified atom stereocenters. The zero-order valence-electron chi connectivity index (χ0n) is 11.0. The first kappa shape index (κ1) is 12.9. The average molecular weight is 238 g/mol. The number of hydrogen-bond acceptors (Lipinski definition) is 2. The van der Waals surface area contributed by atoms with Crippen molar-refractivity contribution >= 4 is 5.91 Å². The minimum absolute atomic E-state index is 0.361. The van der Waals surface area contributed by atoms with Gasteiger partial charge in [0, 0.05) is 19.0 Å². The molecule has 2 N–H and O–H groups in total. The van der Waals surface area contributed by atoms with Gasteiger partial charge >= 0.3 is 0 Å². The maximum atomic E-state index is 12.2. The lowest BCUT2D eigenvalue weighted by molar-refractivity contribution is -0.132. The van der Waals surface area contributed by atoms with E-state index in [9.17, 15) is 4.79 Å². The number of hydrogen-bond donors (Lipinski definition) is 1. The molecule has 17 heavy (non-hydrogen) atoms. The molecular formula is C14H26N2O. The van der Waals surface area contributed by atoms with Crippen LogP contribution in [0.5, 0.6) is 0 Å². The topological polar surface area (TPSA) is 46.3 Å². The largest absolute Gasteiger partial charge is 0.340 e. The van der Waals surface area contributed by atoms with Crippen LogP contribution in [-0.4, -0.2) is 29.9 Å². The third kappa shape index (κ3) is 3.21. The molecule has 2 fully saturated rings. The van der Waals surface area contributed by atoms with Crippen LogP contribution < -0.4 is 5.73 Å². The summed E-state index contributed by atoms with van der Waals surface area (Å²) in [4.78, 5) is 14.2. The first-order valence-electron chi connectivity index (χ1n) is 7.20. The zero-order chi connectivity index (χ0) is 12.3. The molecule has 1 aliphatic carbocycles. The lowest BCUT2D eigenvalue weighted by Crippen LogP contribution is -2.34. The average Bonchev–Trinajstić information content (AvgIpc) is 2.94. The van der Waals surface area contributed by atoms with E-state index in [0.29, 0.717) is 17.9 Å². The first-order chi connectivity index (χ1) is 8.20. The summed E-state index contributed by atoms with van der Waals surface area (Å²) in [6.45, 7) is 3.76. The van der Waals surface area contributed by atoms with Crippen LogP contribution in [0.15, 0.2) is 0 Å². The molecule has 3 heteroatoms. The molecule has 2 atom stereocenters. The van der Waals surface area contributed by atoms with Gasteiger partial charge in [-0.1, -0.05) is 25.7 Å². The van der Waals surface area contributed by atoms with Crippen molar-refractivity contribution in [2.24, 2.45) is 17.6 Å². The summed E-state index contributed by atoms with van der Waals surface area (Å²) >= 11 is 0. The number of rotatable bonds is 4. The Morgan fingerprint density at radius 2 is 2.00 bits per heavy atom. The molecule has 2 rings (SSSR count). The van der Waals surface area contributed by atoms with E-state index in [1.165, 1.54) is 25.7 Å². The van der Waals surface area contributed by atoms with Gasteiger partial charge in [0.15, 0.2) is 0 Å². The van der Waals surface area contributed by atoms with E-state index in [1.54, 1.807) is 0 Å². The number of carbonyl (C=O) groups excluding carboxylic acids is 1. The summed E-state index contributed by atoms with van der Waals surface area (Å²) in [7, 11) is 0. The van der Waals surface area contributed by atoms with Crippen LogP contribution in [-0.2, 0) is 4.79 Å². The molecule has 98 valence electrons. The number of likely N-dealkylation sites (tertiary alicyclic amines) is 1. The van der Waals surface area contributed by atoms with Gasteiger partial charge in [-0.2, -0.15) is 0 Å². The fraction of sp³-hybridized carbons (Fsp3) is 0.929. The molecule has 1 heterocycles. The fourth-order valence-electron chi connectivity index (χ4n) is 3.43. The number of amides is 1. The number of carbonyl (C=O) groups is 1. The van der Waals surface area contributed by atoms with Gasteiger partial charge in [0.2, 0.25) is 5.91 Å². The Morgan fingerprint density at radius 1 is 1.29 bits per heavy atom. The van der Waals surface area contributed by atoms with Crippen LogP contribution in [0.25, 0.3) is 0 Å². The normalized spacial score (nSPS) is 30.1. The maximum absolute atomic E-state index is 12.2. The Labute approximate surface area is 105 Å². The highest BCUT2D eigenvalue weighted by molar-refractivity contribution is 5.76. The molecule has 1 aliphatic heterocycles. The Hall–Kier alpha value is -0.570. The Morgan fingerprint density at radius 3 is 2.59 bits per heavy atom. The first-order valence-corrected chi connectivity index (χ1v) is 7.20. The van der Waals surface area contributed by atoms with Gasteiger partial charge in [0.05, 0.1) is 0 Å². The highest BCUT2D eigenvalue weighted by Gasteiger charge is 2.31. The predicted octanol–water partition coefficient (Wildman–Crippen LogP) is 2.15. The van der Waals surface area contributed by atoms with E-state index in [-0.39, 0.29) is 0 Å². The smallest absolute Gasteiger partial charge is 0.222 e. The zero-order valence-corrected chi connectivity index (χ0v) is 11.0. The molecular weight excluding hydrogens is 212 g/mol. The molecule has 0 bridgehead atoms. The second kappa shape index (κ2) is 5.85. The van der Waals surface area contributed by atoms with Crippen molar-refractivity contribution in [3.63, 3.8) is 0 Å². The molecule has 0 aromatic rings. The van der Waals surface area contributed by atoms with Gasteiger partial charge in [-0.3, -0.25) is 4.79 Å². The highest BCUT2D eigenvalue weighted by atomic mass is 16.2. The van der Waals surface area contributed by atoms with Gasteiger partial charge in [-0.05, 0) is 38.1 Å². The van der Waals surface area contributed by atoms with E-state index < -0.39 is 0 Å². The van der Waals surface area contributed by atoms with Crippen molar-refractivity contribution in [2.75, 3.05) is 13.1 Å². The van der Waals surface area contributed by atoms with Crippen LogP contribution >= 0.6 is 0 Å². The Kier molecular flexibility index (Phi) is 4.43. The summed E-state index contributed by atoms with van der Waals surface area (Å²) in [6.07, 6.45) is 8.37. The summed E-state index contributed by atoms with van der Waals surface area (Å²) < 4.78 is 0. The monoisotopic (exact) mass is 238 g/mol. The van der Waals surface area contributed by atoms with E-state index in [2.05, 4.69) is 11.8 Å². The van der Waals surface area contributed by atoms with Gasteiger partial charge in [0.1, 0.15) is 0 Å². The molecule has 3 nitrogen and oxygen atoms in total. The van der Waals surface area contributed by atoms with Gasteiger partial charge in [-0.15, -0.1) is 0 Å². The summed E-state index contributed by atoms with van der Waals surface area (Å²) in [5.41, 5.74) is 5.69. The van der Waals surface area contributed by atoms with Crippen molar-refractivity contribution in [1.29, 1.82) is 0 Å². The fourth-order valence-corrected chi connectivity index (χ4v) is 3.43. The standard InChI is InChI=1S/C14H26N2O/c1-11-8-13(9-15)10-16(11)14(17)7-6-12-4-2-3-5-12/h11-13H,2-10,15H2,1H3. The van der Waals surface area contributed by atoms with E-state index in [1.807, 2.05) is 0 Å². The van der Waals surface area contributed by atoms with Crippen LogP contribution in [0, 0.1) is 11.8 Å². The third-order valence-corrected chi connectivity index (χ3v) is 4.56. The molecule has 1 saturated carbocycles. The van der Waals surface area contributed by atoms with Crippen LogP contribution in [0.3, 0.4) is 0 Å². The van der Waals surface area contributed by atoms with E-state index in [0.717, 1.165) is 38.3 Å². The maximum Gasteiger partial charge on any atom is 0.222 e. The molecule has 0 aromatic heterocycles. The van der Waals surface area contributed by atoms with E-state index >= 15 is 0 Å². The Balaban J connectivity index is 1.75. The van der Waals surface area contributed by atoms with Gasteiger partial charge in [-0.25, -0.2) is 0 Å². The second-order valence-corrected chi connectivity index (χ2v) is 5.92. The molecule has 1 saturated heterocycles. The van der Waals surface area contributed by atoms with Crippen LogP contribution in [0.4, 0.5) is 0 Å². The van der Waals surface area contributed by atoms with Gasteiger partial charge in [0.25, 0.3) is 0 Å². The quantitative estimate of drug-likeness (QED) is 0.815. The van der Waals surface area contributed by atoms with Crippen LogP contribution in [0.2, 0.25) is 0 Å². The minimum atomic E-state index is 0.361. The van der Waals surface area contributed by atoms with Crippen molar-refractivity contribution < 1.29 is 4.79 Å². The summed E-state index contributed by atoms with van der Waals surface area (Å²) in [5.74, 6) is 1.71. The van der Waals surface area contributed by atoms with E-state index in [4.69, 9.17) is 5.73 Å². The van der Waals surface area contributed by atoms with Crippen molar-refractivity contribution in [2.45, 2.75) is 57.9 Å². The minimum Gasteiger partial charge on any atom is -0.340 e. The Bertz CT molecular complexity index is 261. The summed E-state index contributed by atoms with van der Waals surface area (Å²) in [5, 5.41) is 0. The lowest BCUT2D eigenvalue weighted by Gasteiger charge is -2.22. The predicted molar refractivity (Wildman–Crippen MR) is 69.5 cm³/mol. The highest BCUT2D eigenvalue weighted by Crippen LogP contribution is 2.30. The van der Waals surface area contributed by atoms with Crippen LogP contribution in [0.1, 0.15) is 51.9 Å². The third-order valence-electron chi connectivity index (χ3n) is 4.56. The molecule has 0 spiro atoms. The molecule has 0 aromatic carbocycles. The molecule has 2 aliphatic rings. The van der Waals surface area contributed by atoms with Gasteiger partial charge < -0.3 is 10.6 Å². The van der Waals surface area contributed by atoms with Crippen molar-refractivity contribution in [3.05, 3.63) is 0 Å². The lowest BCUT2D eigenvalue weighted by atomic mass is 10.0. The molecule has 0 radical (unpaired) electrons.